The summed E-state index contributed by atoms with van der Waals surface area (Å²) in [5, 5.41) is 8.91. The molecule has 3 heteroatoms. The molecule has 54 valence electrons. The molecule has 0 aromatic heterocycles. The van der Waals surface area contributed by atoms with Crippen molar-refractivity contribution in [3.05, 3.63) is 24.3 Å². The SMILES string of the molecule is CSSc1ccc(O)cc1. The Morgan fingerprint density at radius 1 is 1.20 bits per heavy atom. The van der Waals surface area contributed by atoms with Crippen LogP contribution in [0.4, 0.5) is 0 Å². The lowest BCUT2D eigenvalue weighted by atomic mass is 10.3. The highest BCUT2D eigenvalue weighted by Crippen LogP contribution is 2.29. The number of phenols is 1. The maximum absolute atomic E-state index is 8.91. The van der Waals surface area contributed by atoms with Crippen LogP contribution in [0.15, 0.2) is 29.2 Å². The van der Waals surface area contributed by atoms with Crippen molar-refractivity contribution in [3.8, 4) is 5.75 Å². The Balaban J connectivity index is 2.69. The minimum absolute atomic E-state index is 0.324. The quantitative estimate of drug-likeness (QED) is 0.693. The number of hydrogen-bond donors (Lipinski definition) is 1. The summed E-state index contributed by atoms with van der Waals surface area (Å²) in [5.41, 5.74) is 0. The molecule has 0 radical (unpaired) electrons. The van der Waals surface area contributed by atoms with Crippen LogP contribution >= 0.6 is 21.6 Å². The number of phenolic OH excluding ortho intramolecular Hbond substituents is 1. The zero-order valence-electron chi connectivity index (χ0n) is 5.57. The van der Waals surface area contributed by atoms with Crippen LogP contribution in [0.25, 0.3) is 0 Å². The van der Waals surface area contributed by atoms with Crippen LogP contribution in [0.5, 0.6) is 5.75 Å². The molecule has 0 aliphatic rings. The largest absolute Gasteiger partial charge is 0.508 e. The lowest BCUT2D eigenvalue weighted by molar-refractivity contribution is 0.475. The molecule has 0 bridgehead atoms. The summed E-state index contributed by atoms with van der Waals surface area (Å²) in [6, 6.07) is 7.18. The first kappa shape index (κ1) is 7.82. The van der Waals surface area contributed by atoms with Crippen molar-refractivity contribution in [1.29, 1.82) is 0 Å². The van der Waals surface area contributed by atoms with Gasteiger partial charge in [-0.3, -0.25) is 0 Å². The first-order chi connectivity index (χ1) is 4.83. The van der Waals surface area contributed by atoms with Crippen molar-refractivity contribution >= 4 is 21.6 Å². The summed E-state index contributed by atoms with van der Waals surface area (Å²) in [4.78, 5) is 1.17. The summed E-state index contributed by atoms with van der Waals surface area (Å²) < 4.78 is 0. The van der Waals surface area contributed by atoms with Crippen molar-refractivity contribution in [3.63, 3.8) is 0 Å². The molecule has 1 nitrogen and oxygen atoms in total. The first-order valence-electron chi connectivity index (χ1n) is 2.82. The second kappa shape index (κ2) is 3.78. The molecule has 0 aliphatic carbocycles. The van der Waals surface area contributed by atoms with Crippen molar-refractivity contribution in [2.45, 2.75) is 4.90 Å². The Labute approximate surface area is 68.2 Å². The average Bonchev–Trinajstić information content (AvgIpc) is 1.95. The van der Waals surface area contributed by atoms with Gasteiger partial charge in [0, 0.05) is 4.90 Å². The Kier molecular flexibility index (Phi) is 2.96. The molecule has 10 heavy (non-hydrogen) atoms. The van der Waals surface area contributed by atoms with Crippen LogP contribution in [0.1, 0.15) is 0 Å². The molecule has 0 aliphatic heterocycles. The zero-order chi connectivity index (χ0) is 7.40. The lowest BCUT2D eigenvalue weighted by Crippen LogP contribution is -1.65. The van der Waals surface area contributed by atoms with Crippen LogP contribution in [-0.4, -0.2) is 11.4 Å². The molecule has 1 aromatic rings. The van der Waals surface area contributed by atoms with Gasteiger partial charge in [0.25, 0.3) is 0 Å². The van der Waals surface area contributed by atoms with Gasteiger partial charge in [-0.1, -0.05) is 21.6 Å². The smallest absolute Gasteiger partial charge is 0.115 e. The van der Waals surface area contributed by atoms with Crippen molar-refractivity contribution in [1.82, 2.24) is 0 Å². The van der Waals surface area contributed by atoms with Crippen molar-refractivity contribution in [2.75, 3.05) is 6.26 Å². The van der Waals surface area contributed by atoms with Crippen molar-refractivity contribution in [2.24, 2.45) is 0 Å². The van der Waals surface area contributed by atoms with Gasteiger partial charge in [-0.2, -0.15) is 0 Å². The molecule has 0 atom stereocenters. The van der Waals surface area contributed by atoms with Gasteiger partial charge in [-0.25, -0.2) is 0 Å². The maximum Gasteiger partial charge on any atom is 0.115 e. The molecule has 0 fully saturated rings. The second-order valence-electron chi connectivity index (χ2n) is 1.74. The van der Waals surface area contributed by atoms with Crippen LogP contribution in [0.2, 0.25) is 0 Å². The summed E-state index contributed by atoms with van der Waals surface area (Å²) in [7, 11) is 3.39. The topological polar surface area (TPSA) is 20.2 Å². The van der Waals surface area contributed by atoms with Gasteiger partial charge in [0.15, 0.2) is 0 Å². The fourth-order valence-electron chi connectivity index (χ4n) is 0.598. The molecule has 0 unspecified atom stereocenters. The highest BCUT2D eigenvalue weighted by atomic mass is 33.1. The molecule has 0 heterocycles. The third-order valence-electron chi connectivity index (χ3n) is 1.02. The number of rotatable bonds is 2. The minimum atomic E-state index is 0.324. The molecular weight excluding hydrogens is 164 g/mol. The molecule has 1 aromatic carbocycles. The Bertz CT molecular complexity index is 195. The van der Waals surface area contributed by atoms with Crippen molar-refractivity contribution < 1.29 is 5.11 Å². The fraction of sp³-hybridized carbons (Fsp3) is 0.143. The predicted molar refractivity (Wildman–Crippen MR) is 47.5 cm³/mol. The third kappa shape index (κ3) is 2.15. The summed E-state index contributed by atoms with van der Waals surface area (Å²) in [6.45, 7) is 0. The van der Waals surface area contributed by atoms with E-state index in [1.54, 1.807) is 33.7 Å². The minimum Gasteiger partial charge on any atom is -0.508 e. The monoisotopic (exact) mass is 172 g/mol. The van der Waals surface area contributed by atoms with E-state index < -0.39 is 0 Å². The van der Waals surface area contributed by atoms with E-state index in [9.17, 15) is 0 Å². The zero-order valence-corrected chi connectivity index (χ0v) is 7.21. The number of aromatic hydroxyl groups is 1. The Morgan fingerprint density at radius 3 is 2.30 bits per heavy atom. The predicted octanol–water partition coefficient (Wildman–Crippen LogP) is 2.76. The Morgan fingerprint density at radius 2 is 1.80 bits per heavy atom. The van der Waals surface area contributed by atoms with Gasteiger partial charge in [0.2, 0.25) is 0 Å². The van der Waals surface area contributed by atoms with Gasteiger partial charge in [0.1, 0.15) is 5.75 Å². The lowest BCUT2D eigenvalue weighted by Gasteiger charge is -1.95. The summed E-state index contributed by atoms with van der Waals surface area (Å²) in [6.07, 6.45) is 2.03. The van der Waals surface area contributed by atoms with Gasteiger partial charge in [-0.15, -0.1) is 0 Å². The Hall–Kier alpha value is -0.280. The molecule has 0 amide bonds. The molecular formula is C7H8OS2. The molecule has 0 saturated carbocycles. The van der Waals surface area contributed by atoms with Gasteiger partial charge < -0.3 is 5.11 Å². The summed E-state index contributed by atoms with van der Waals surface area (Å²) >= 11 is 0. The van der Waals surface area contributed by atoms with Crippen LogP contribution < -0.4 is 0 Å². The van der Waals surface area contributed by atoms with E-state index in [-0.39, 0.29) is 0 Å². The molecule has 1 N–H and O–H groups in total. The van der Waals surface area contributed by atoms with E-state index >= 15 is 0 Å². The first-order valence-corrected chi connectivity index (χ1v) is 5.38. The molecule has 1 rings (SSSR count). The van der Waals surface area contributed by atoms with E-state index in [2.05, 4.69) is 0 Å². The van der Waals surface area contributed by atoms with E-state index in [4.69, 9.17) is 5.11 Å². The molecule has 0 saturated heterocycles. The number of benzene rings is 1. The van der Waals surface area contributed by atoms with Crippen LogP contribution in [0.3, 0.4) is 0 Å². The van der Waals surface area contributed by atoms with Crippen LogP contribution in [0, 0.1) is 0 Å². The average molecular weight is 172 g/mol. The van der Waals surface area contributed by atoms with E-state index in [1.165, 1.54) is 4.90 Å². The standard InChI is InChI=1S/C7H8OS2/c1-9-10-7-4-2-6(8)3-5-7/h2-5,8H,1H3. The maximum atomic E-state index is 8.91. The molecule has 0 spiro atoms. The second-order valence-corrected chi connectivity index (χ2v) is 4.22. The van der Waals surface area contributed by atoms with Gasteiger partial charge >= 0.3 is 0 Å². The van der Waals surface area contributed by atoms with E-state index in [0.29, 0.717) is 5.75 Å². The normalized spacial score (nSPS) is 9.70. The van der Waals surface area contributed by atoms with Crippen LogP contribution in [-0.2, 0) is 0 Å². The van der Waals surface area contributed by atoms with E-state index in [1.807, 2.05) is 18.4 Å². The third-order valence-corrected chi connectivity index (χ3v) is 2.72. The highest BCUT2D eigenvalue weighted by Gasteiger charge is 1.90. The summed E-state index contributed by atoms with van der Waals surface area (Å²) in [5.74, 6) is 0.324. The fourth-order valence-corrected chi connectivity index (χ4v) is 1.95. The van der Waals surface area contributed by atoms with E-state index in [0.717, 1.165) is 0 Å². The number of hydrogen-bond acceptors (Lipinski definition) is 3. The highest BCUT2D eigenvalue weighted by molar-refractivity contribution is 8.76. The van der Waals surface area contributed by atoms with Gasteiger partial charge in [-0.05, 0) is 30.5 Å². The van der Waals surface area contributed by atoms with Gasteiger partial charge in [0.05, 0.1) is 0 Å².